The Hall–Kier alpha value is -5.12. The van der Waals surface area contributed by atoms with Crippen LogP contribution in [0.2, 0.25) is 0 Å². The predicted molar refractivity (Wildman–Crippen MR) is 173 cm³/mol. The van der Waals surface area contributed by atoms with Crippen molar-refractivity contribution < 1.29 is 63.7 Å². The highest BCUT2D eigenvalue weighted by atomic mass is 32.3. The van der Waals surface area contributed by atoms with E-state index >= 15 is 0 Å². The summed E-state index contributed by atoms with van der Waals surface area (Å²) in [5.74, 6) is -4.75. The van der Waals surface area contributed by atoms with Crippen molar-refractivity contribution >= 4 is 44.5 Å². The summed E-state index contributed by atoms with van der Waals surface area (Å²) >= 11 is 0. The average Bonchev–Trinajstić information content (AvgIpc) is 3.04. The lowest BCUT2D eigenvalue weighted by atomic mass is 10.0. The first-order valence-electron chi connectivity index (χ1n) is 14.5. The van der Waals surface area contributed by atoms with Crippen LogP contribution in [0.3, 0.4) is 0 Å². The van der Waals surface area contributed by atoms with Gasteiger partial charge in [-0.25, -0.2) is 4.79 Å². The van der Waals surface area contributed by atoms with Crippen LogP contribution in [0.1, 0.15) is 16.7 Å². The van der Waals surface area contributed by atoms with Gasteiger partial charge in [-0.1, -0.05) is 54.6 Å². The van der Waals surface area contributed by atoms with Gasteiger partial charge >= 0.3 is 26.8 Å². The molecule has 18 nitrogen and oxygen atoms in total. The zero-order valence-corrected chi connectivity index (χ0v) is 27.5. The number of aliphatic hydroxyl groups excluding tert-OH is 1. The Labute approximate surface area is 286 Å². The van der Waals surface area contributed by atoms with E-state index < -0.39 is 75.3 Å². The number of aliphatic carboxylic acids is 1. The van der Waals surface area contributed by atoms with Crippen LogP contribution in [0.5, 0.6) is 11.5 Å². The second-order valence-electron chi connectivity index (χ2n) is 10.7. The van der Waals surface area contributed by atoms with Gasteiger partial charge in [-0.15, -0.1) is 0 Å². The molecule has 3 aromatic carbocycles. The number of carboxylic acids is 1. The number of rotatable bonds is 18. The Morgan fingerprint density at radius 1 is 0.600 bits per heavy atom. The molecule has 3 rings (SSSR count). The second-order valence-corrected chi connectivity index (χ2v) is 12.8. The maximum absolute atomic E-state index is 13.7. The van der Waals surface area contributed by atoms with E-state index in [9.17, 15) is 46.2 Å². The molecule has 0 fully saturated rings. The lowest BCUT2D eigenvalue weighted by molar-refractivity contribution is -0.142. The molecule has 270 valence electrons. The third-order valence-electron chi connectivity index (χ3n) is 6.83. The number of carboxylic acid groups (broad SMARTS) is 1. The molecule has 0 radical (unpaired) electrons. The molecular weight excluding hydrogens is 704 g/mol. The minimum Gasteiger partial charge on any atom is -0.480 e. The number of hydrogen-bond donors (Lipinski definition) is 8. The molecule has 3 aromatic rings. The number of hydrogen-bond acceptors (Lipinski definition) is 12. The number of nitrogens with two attached hydrogens (primary N) is 1. The minimum atomic E-state index is -4.83. The summed E-state index contributed by atoms with van der Waals surface area (Å²) in [6.45, 7) is -0.776. The van der Waals surface area contributed by atoms with E-state index in [2.05, 4.69) is 24.3 Å². The van der Waals surface area contributed by atoms with Crippen molar-refractivity contribution in [2.24, 2.45) is 5.73 Å². The summed E-state index contributed by atoms with van der Waals surface area (Å²) in [5, 5.41) is 26.4. The Bertz CT molecular complexity index is 1860. The second kappa shape index (κ2) is 17.5. The first-order chi connectivity index (χ1) is 23.4. The molecule has 9 N–H and O–H groups in total. The van der Waals surface area contributed by atoms with Gasteiger partial charge in [0, 0.05) is 19.3 Å². The van der Waals surface area contributed by atoms with Crippen LogP contribution < -0.4 is 30.1 Å². The number of benzene rings is 3. The van der Waals surface area contributed by atoms with Crippen molar-refractivity contribution in [2.45, 2.75) is 43.4 Å². The van der Waals surface area contributed by atoms with Gasteiger partial charge in [0.2, 0.25) is 17.7 Å². The number of carbonyl (C=O) groups is 4. The van der Waals surface area contributed by atoms with E-state index in [4.69, 9.17) is 14.8 Å². The molecule has 50 heavy (non-hydrogen) atoms. The smallest absolute Gasteiger partial charge is 0.446 e. The third kappa shape index (κ3) is 13.4. The van der Waals surface area contributed by atoms with Gasteiger partial charge in [0.25, 0.3) is 0 Å². The average molecular weight is 739 g/mol. The van der Waals surface area contributed by atoms with E-state index in [0.29, 0.717) is 16.7 Å². The van der Waals surface area contributed by atoms with Gasteiger partial charge in [-0.3, -0.25) is 23.5 Å². The molecule has 0 spiro atoms. The van der Waals surface area contributed by atoms with Crippen molar-refractivity contribution in [1.82, 2.24) is 16.0 Å². The molecule has 0 bridgehead atoms. The first-order valence-corrected chi connectivity index (χ1v) is 17.2. The van der Waals surface area contributed by atoms with Crippen LogP contribution >= 0.6 is 0 Å². The number of aliphatic hydroxyl groups is 1. The quantitative estimate of drug-likeness (QED) is 0.0722. The van der Waals surface area contributed by atoms with Crippen molar-refractivity contribution in [3.8, 4) is 11.5 Å². The van der Waals surface area contributed by atoms with Gasteiger partial charge in [0.15, 0.2) is 0 Å². The van der Waals surface area contributed by atoms with E-state index in [1.165, 1.54) is 24.3 Å². The molecular formula is C30H34N4O14S2. The van der Waals surface area contributed by atoms with Gasteiger partial charge in [0.1, 0.15) is 35.7 Å². The van der Waals surface area contributed by atoms with E-state index in [0.717, 1.165) is 24.3 Å². The van der Waals surface area contributed by atoms with E-state index in [1.807, 2.05) is 0 Å². The predicted octanol–water partition coefficient (Wildman–Crippen LogP) is -1.06. The molecule has 0 aromatic heterocycles. The molecule has 0 heterocycles. The van der Waals surface area contributed by atoms with Crippen molar-refractivity contribution in [2.75, 3.05) is 6.61 Å². The third-order valence-corrected chi connectivity index (χ3v) is 7.63. The van der Waals surface area contributed by atoms with Crippen LogP contribution in [0.25, 0.3) is 0 Å². The summed E-state index contributed by atoms with van der Waals surface area (Å²) in [6.07, 6.45) is -0.678. The highest BCUT2D eigenvalue weighted by molar-refractivity contribution is 7.81. The molecule has 0 unspecified atom stereocenters. The van der Waals surface area contributed by atoms with Gasteiger partial charge in [-0.2, -0.15) is 16.8 Å². The normalized spacial score (nSPS) is 13.9. The zero-order chi connectivity index (χ0) is 37.1. The summed E-state index contributed by atoms with van der Waals surface area (Å²) < 4.78 is 70.7. The standard InChI is InChI=1S/C30H34N4O14S2/c31-23(17-35)27(36)32-24(14-19-6-10-21(11-7-19)47-49(41,42)43)28(37)33-25(15-20-8-12-22(13-9-20)48-50(44,45)46)29(38)34-26(30(39)40)16-18-4-2-1-3-5-18/h1-13,23-26,35H,14-17,31H2,(H,32,36)(H,33,37)(H,34,38)(H,39,40)(H,41,42,43)(H,44,45,46)/t23-,24-,25-,26-/m0/s1. The Balaban J connectivity index is 1.91. The molecule has 4 atom stereocenters. The number of nitrogens with one attached hydrogen (secondary N) is 3. The Morgan fingerprint density at radius 2 is 0.960 bits per heavy atom. The van der Waals surface area contributed by atoms with Crippen LogP contribution in [0, 0.1) is 0 Å². The number of amides is 3. The fraction of sp³-hybridized carbons (Fsp3) is 0.267. The summed E-state index contributed by atoms with van der Waals surface area (Å²) in [6, 6.07) is 12.5. The van der Waals surface area contributed by atoms with Crippen molar-refractivity contribution in [3.63, 3.8) is 0 Å². The van der Waals surface area contributed by atoms with Crippen LogP contribution in [0.15, 0.2) is 78.9 Å². The van der Waals surface area contributed by atoms with Crippen LogP contribution in [-0.2, 0) is 59.2 Å². The maximum atomic E-state index is 13.7. The highest BCUT2D eigenvalue weighted by Gasteiger charge is 2.31. The van der Waals surface area contributed by atoms with Gasteiger partial charge in [0.05, 0.1) is 6.61 Å². The summed E-state index contributed by atoms with van der Waals surface area (Å²) in [4.78, 5) is 52.0. The molecule has 0 saturated heterocycles. The van der Waals surface area contributed by atoms with Gasteiger partial charge in [-0.05, 0) is 41.0 Å². The topological polar surface area (TPSA) is 298 Å². The summed E-state index contributed by atoms with van der Waals surface area (Å²) in [5.41, 5.74) is 6.85. The monoisotopic (exact) mass is 738 g/mol. The summed E-state index contributed by atoms with van der Waals surface area (Å²) in [7, 11) is -9.66. The fourth-order valence-corrected chi connectivity index (χ4v) is 5.16. The highest BCUT2D eigenvalue weighted by Crippen LogP contribution is 2.17. The molecule has 0 aliphatic rings. The Morgan fingerprint density at radius 3 is 1.34 bits per heavy atom. The molecule has 3 amide bonds. The molecule has 0 saturated carbocycles. The fourth-order valence-electron chi connectivity index (χ4n) is 4.45. The van der Waals surface area contributed by atoms with E-state index in [-0.39, 0.29) is 30.8 Å². The molecule has 0 aliphatic heterocycles. The SMILES string of the molecule is N[C@@H](CO)C(=O)N[C@@H](Cc1ccc(OS(=O)(=O)O)cc1)C(=O)N[C@@H](Cc1ccc(OS(=O)(=O)O)cc1)C(=O)N[C@@H](Cc1ccccc1)C(=O)O. The zero-order valence-electron chi connectivity index (χ0n) is 25.9. The largest absolute Gasteiger partial charge is 0.480 e. The van der Waals surface area contributed by atoms with Crippen molar-refractivity contribution in [3.05, 3.63) is 95.6 Å². The number of carbonyl (C=O) groups excluding carboxylic acids is 3. The van der Waals surface area contributed by atoms with Gasteiger partial charge < -0.3 is 40.3 Å². The minimum absolute atomic E-state index is 0.112. The maximum Gasteiger partial charge on any atom is 0.446 e. The van der Waals surface area contributed by atoms with Crippen LogP contribution in [-0.4, -0.2) is 90.6 Å². The lowest BCUT2D eigenvalue weighted by Crippen LogP contribution is -2.58. The Kier molecular flexibility index (Phi) is 13.8. The lowest BCUT2D eigenvalue weighted by Gasteiger charge is -2.25. The van der Waals surface area contributed by atoms with Crippen LogP contribution in [0.4, 0.5) is 0 Å². The molecule has 20 heteroatoms. The first kappa shape index (κ1) is 39.3. The van der Waals surface area contributed by atoms with E-state index in [1.54, 1.807) is 30.3 Å². The van der Waals surface area contributed by atoms with Crippen molar-refractivity contribution in [1.29, 1.82) is 0 Å². The molecule has 0 aliphatic carbocycles.